The first kappa shape index (κ1) is 21.8. The first-order valence-electron chi connectivity index (χ1n) is 10.1. The molecule has 1 fully saturated rings. The summed E-state index contributed by atoms with van der Waals surface area (Å²) in [6.45, 7) is 10.5. The molecule has 1 aromatic rings. The van der Waals surface area contributed by atoms with E-state index in [9.17, 15) is 14.3 Å². The molecule has 160 valence electrons. The molecule has 1 aliphatic carbocycles. The Morgan fingerprint density at radius 2 is 2.23 bits per heavy atom. The topological polar surface area (TPSA) is 102 Å². The smallest absolute Gasteiger partial charge is 0.337 e. The summed E-state index contributed by atoms with van der Waals surface area (Å²) in [7, 11) is 0. The third-order valence-corrected chi connectivity index (χ3v) is 5.29. The SMILES string of the molecule is C=C1C(C(=O)O)=CN(C2CC2)c2nc(C(C)NCC(C=N)CN=C(C)C)c(F)cc21. The first-order chi connectivity index (χ1) is 14.2. The standard InChI is InChI=1S/C22H28FN5O2/c1-12(2)25-9-15(8-24)10-26-14(4)20-19(23)7-17-13(3)18(22(29)30)11-28(16-5-6-16)21(17)27-20/h7-8,11,14-16,24,26H,3,5-6,9-10H2,1-2,4H3,(H,29,30). The van der Waals surface area contributed by atoms with Crippen molar-refractivity contribution in [1.29, 1.82) is 5.41 Å². The molecule has 0 aromatic carbocycles. The lowest BCUT2D eigenvalue weighted by atomic mass is 9.96. The van der Waals surface area contributed by atoms with E-state index in [1.165, 1.54) is 12.3 Å². The molecule has 1 aromatic heterocycles. The largest absolute Gasteiger partial charge is 0.478 e. The van der Waals surface area contributed by atoms with Crippen LogP contribution in [0.3, 0.4) is 0 Å². The fraction of sp³-hybridized carbons (Fsp3) is 0.455. The number of pyridine rings is 1. The van der Waals surface area contributed by atoms with Gasteiger partial charge in [0.2, 0.25) is 0 Å². The van der Waals surface area contributed by atoms with Crippen molar-refractivity contribution < 1.29 is 14.3 Å². The lowest BCUT2D eigenvalue weighted by molar-refractivity contribution is -0.132. The Morgan fingerprint density at radius 3 is 2.80 bits per heavy atom. The van der Waals surface area contributed by atoms with Crippen LogP contribution < -0.4 is 10.2 Å². The second kappa shape index (κ2) is 8.87. The summed E-state index contributed by atoms with van der Waals surface area (Å²) in [6, 6.07) is 1.13. The van der Waals surface area contributed by atoms with Crippen molar-refractivity contribution in [3.8, 4) is 0 Å². The lowest BCUT2D eigenvalue weighted by Crippen LogP contribution is -2.31. The van der Waals surface area contributed by atoms with Gasteiger partial charge >= 0.3 is 5.97 Å². The van der Waals surface area contributed by atoms with Crippen molar-refractivity contribution in [2.24, 2.45) is 10.9 Å². The third-order valence-electron chi connectivity index (χ3n) is 5.29. The number of carboxylic acid groups (broad SMARTS) is 1. The molecule has 2 atom stereocenters. The van der Waals surface area contributed by atoms with E-state index in [2.05, 4.69) is 21.9 Å². The molecule has 0 amide bonds. The molecule has 8 heteroatoms. The number of carbonyl (C=O) groups is 1. The number of hydrogen-bond acceptors (Lipinski definition) is 6. The highest BCUT2D eigenvalue weighted by Gasteiger charge is 2.36. The van der Waals surface area contributed by atoms with Crippen LogP contribution in [-0.2, 0) is 4.79 Å². The highest BCUT2D eigenvalue weighted by Crippen LogP contribution is 2.42. The van der Waals surface area contributed by atoms with E-state index in [0.29, 0.717) is 24.5 Å². The van der Waals surface area contributed by atoms with E-state index >= 15 is 0 Å². The quantitative estimate of drug-likeness (QED) is 0.537. The highest BCUT2D eigenvalue weighted by molar-refractivity contribution is 6.08. The molecule has 2 heterocycles. The van der Waals surface area contributed by atoms with Gasteiger partial charge in [-0.25, -0.2) is 14.2 Å². The van der Waals surface area contributed by atoms with Crippen molar-refractivity contribution in [2.45, 2.75) is 45.7 Å². The third kappa shape index (κ3) is 4.64. The van der Waals surface area contributed by atoms with Gasteiger partial charge in [-0.15, -0.1) is 0 Å². The Hall–Kier alpha value is -2.87. The normalized spacial score (nSPS) is 17.7. The van der Waals surface area contributed by atoms with Crippen LogP contribution in [0.4, 0.5) is 10.2 Å². The number of halogens is 1. The van der Waals surface area contributed by atoms with Crippen LogP contribution >= 0.6 is 0 Å². The van der Waals surface area contributed by atoms with Crippen LogP contribution in [0.1, 0.15) is 50.9 Å². The predicted molar refractivity (Wildman–Crippen MR) is 117 cm³/mol. The molecule has 1 saturated carbocycles. The van der Waals surface area contributed by atoms with Crippen LogP contribution in [0.15, 0.2) is 29.4 Å². The maximum Gasteiger partial charge on any atom is 0.337 e. The summed E-state index contributed by atoms with van der Waals surface area (Å²) in [4.78, 5) is 22.4. The molecule has 0 bridgehead atoms. The molecule has 7 nitrogen and oxygen atoms in total. The predicted octanol–water partition coefficient (Wildman–Crippen LogP) is 3.58. The average Bonchev–Trinajstić information content (AvgIpc) is 3.53. The van der Waals surface area contributed by atoms with Gasteiger partial charge < -0.3 is 20.7 Å². The van der Waals surface area contributed by atoms with Crippen molar-refractivity contribution in [3.63, 3.8) is 0 Å². The molecule has 3 N–H and O–H groups in total. The van der Waals surface area contributed by atoms with Gasteiger partial charge in [0.1, 0.15) is 11.6 Å². The van der Waals surface area contributed by atoms with Crippen LogP contribution in [0, 0.1) is 17.1 Å². The fourth-order valence-electron chi connectivity index (χ4n) is 3.35. The minimum Gasteiger partial charge on any atom is -0.478 e. The number of aliphatic carboxylic acids is 1. The molecule has 2 aliphatic rings. The Labute approximate surface area is 175 Å². The minimum absolute atomic E-state index is 0.0649. The summed E-state index contributed by atoms with van der Waals surface area (Å²) < 4.78 is 14.9. The van der Waals surface area contributed by atoms with Crippen LogP contribution in [-0.4, -0.2) is 47.1 Å². The summed E-state index contributed by atoms with van der Waals surface area (Å²) in [5.74, 6) is -1.14. The van der Waals surface area contributed by atoms with Gasteiger partial charge in [-0.05, 0) is 45.3 Å². The number of rotatable bonds is 9. The van der Waals surface area contributed by atoms with E-state index in [-0.39, 0.29) is 34.8 Å². The second-order valence-electron chi connectivity index (χ2n) is 8.04. The summed E-state index contributed by atoms with van der Waals surface area (Å²) in [5.41, 5.74) is 1.96. The zero-order chi connectivity index (χ0) is 22.0. The Bertz CT molecular complexity index is 932. The number of fused-ring (bicyclic) bond motifs is 1. The van der Waals surface area contributed by atoms with Gasteiger partial charge in [-0.1, -0.05) is 6.58 Å². The maximum atomic E-state index is 14.9. The molecular weight excluding hydrogens is 385 g/mol. The van der Waals surface area contributed by atoms with E-state index in [4.69, 9.17) is 5.41 Å². The number of aromatic nitrogens is 1. The van der Waals surface area contributed by atoms with Gasteiger partial charge in [-0.3, -0.25) is 4.99 Å². The van der Waals surface area contributed by atoms with Crippen molar-refractivity contribution >= 4 is 29.3 Å². The zero-order valence-corrected chi connectivity index (χ0v) is 17.6. The zero-order valence-electron chi connectivity index (χ0n) is 17.6. The van der Waals surface area contributed by atoms with Gasteiger partial charge in [0, 0.05) is 54.8 Å². The Morgan fingerprint density at radius 1 is 1.53 bits per heavy atom. The summed E-state index contributed by atoms with van der Waals surface area (Å²) >= 11 is 0. The lowest BCUT2D eigenvalue weighted by Gasteiger charge is -2.30. The second-order valence-corrected chi connectivity index (χ2v) is 8.04. The Balaban J connectivity index is 1.84. The molecule has 0 radical (unpaired) electrons. The number of aliphatic imine (C=N–C) groups is 1. The van der Waals surface area contributed by atoms with Gasteiger partial charge in [0.05, 0.1) is 11.3 Å². The van der Waals surface area contributed by atoms with E-state index < -0.39 is 11.8 Å². The molecule has 30 heavy (non-hydrogen) atoms. The molecule has 0 spiro atoms. The van der Waals surface area contributed by atoms with E-state index in [1.54, 1.807) is 6.20 Å². The van der Waals surface area contributed by atoms with Crippen molar-refractivity contribution in [1.82, 2.24) is 10.3 Å². The average molecular weight is 413 g/mol. The Kier molecular flexibility index (Phi) is 6.45. The fourth-order valence-corrected chi connectivity index (χ4v) is 3.35. The number of nitrogens with one attached hydrogen (secondary N) is 2. The summed E-state index contributed by atoms with van der Waals surface area (Å²) in [5, 5.41) is 20.3. The molecule has 0 saturated heterocycles. The number of hydrogen-bond donors (Lipinski definition) is 3. The minimum atomic E-state index is -1.08. The monoisotopic (exact) mass is 413 g/mol. The maximum absolute atomic E-state index is 14.9. The van der Waals surface area contributed by atoms with Gasteiger partial charge in [0.15, 0.2) is 0 Å². The van der Waals surface area contributed by atoms with Crippen LogP contribution in [0.5, 0.6) is 0 Å². The van der Waals surface area contributed by atoms with Crippen LogP contribution in [0.25, 0.3) is 5.57 Å². The van der Waals surface area contributed by atoms with E-state index in [0.717, 1.165) is 18.6 Å². The number of nitrogens with zero attached hydrogens (tertiary/aromatic N) is 3. The molecule has 3 rings (SSSR count). The summed E-state index contributed by atoms with van der Waals surface area (Å²) in [6.07, 6.45) is 4.79. The van der Waals surface area contributed by atoms with E-state index in [1.807, 2.05) is 25.7 Å². The molecule has 2 unspecified atom stereocenters. The van der Waals surface area contributed by atoms with Crippen LogP contribution in [0.2, 0.25) is 0 Å². The molecular formula is C22H28FN5O2. The van der Waals surface area contributed by atoms with Gasteiger partial charge in [-0.2, -0.15) is 0 Å². The van der Waals surface area contributed by atoms with Gasteiger partial charge in [0.25, 0.3) is 0 Å². The first-order valence-corrected chi connectivity index (χ1v) is 10.1. The highest BCUT2D eigenvalue weighted by atomic mass is 19.1. The van der Waals surface area contributed by atoms with Crippen molar-refractivity contribution in [2.75, 3.05) is 18.0 Å². The number of anilines is 1. The number of carboxylic acids is 1. The van der Waals surface area contributed by atoms with Crippen molar-refractivity contribution in [3.05, 3.63) is 41.5 Å². The molecule has 1 aliphatic heterocycles.